The van der Waals surface area contributed by atoms with Gasteiger partial charge in [0.2, 0.25) is 5.76 Å². The number of nitrogens with one attached hydrogen (secondary N) is 1. The van der Waals surface area contributed by atoms with Gasteiger partial charge in [-0.2, -0.15) is 0 Å². The van der Waals surface area contributed by atoms with Crippen LogP contribution in [0, 0.1) is 0 Å². The molecule has 0 aliphatic heterocycles. The van der Waals surface area contributed by atoms with Crippen molar-refractivity contribution in [1.82, 2.24) is 4.90 Å². The lowest BCUT2D eigenvalue weighted by Gasteiger charge is -2.17. The van der Waals surface area contributed by atoms with Gasteiger partial charge in [-0.3, -0.25) is 9.59 Å². The number of carbonyl (C=O) groups is 2. The normalized spacial score (nSPS) is 10.8. The van der Waals surface area contributed by atoms with E-state index in [0.29, 0.717) is 29.2 Å². The van der Waals surface area contributed by atoms with E-state index < -0.39 is 0 Å². The molecule has 5 nitrogen and oxygen atoms in total. The molecule has 0 aliphatic rings. The van der Waals surface area contributed by atoms with Crippen LogP contribution in [0.25, 0.3) is 11.0 Å². The summed E-state index contributed by atoms with van der Waals surface area (Å²) in [7, 11) is 0. The Labute approximate surface area is 143 Å². The number of hydrogen-bond donors (Lipinski definition) is 1. The molecule has 2 amide bonds. The van der Waals surface area contributed by atoms with Crippen molar-refractivity contribution < 1.29 is 14.0 Å². The summed E-state index contributed by atoms with van der Waals surface area (Å²) in [6.07, 6.45) is 0. The van der Waals surface area contributed by atoms with Gasteiger partial charge < -0.3 is 14.6 Å². The third-order valence-electron chi connectivity index (χ3n) is 3.82. The number of rotatable bonds is 5. The van der Waals surface area contributed by atoms with Crippen LogP contribution in [0.2, 0.25) is 0 Å². The molecule has 1 aromatic carbocycles. The first-order valence-corrected chi connectivity index (χ1v) is 8.69. The third-order valence-corrected chi connectivity index (χ3v) is 4.69. The van der Waals surface area contributed by atoms with E-state index in [4.69, 9.17) is 4.42 Å². The zero-order chi connectivity index (χ0) is 17.1. The lowest BCUT2D eigenvalue weighted by molar-refractivity contribution is 0.0745. The van der Waals surface area contributed by atoms with Crippen molar-refractivity contribution in [2.24, 2.45) is 0 Å². The van der Waals surface area contributed by atoms with Crippen LogP contribution in [0.1, 0.15) is 34.1 Å². The van der Waals surface area contributed by atoms with Crippen LogP contribution in [0.3, 0.4) is 0 Å². The maximum atomic E-state index is 12.7. The number of nitrogens with zero attached hydrogens (tertiary/aromatic N) is 1. The Balaban J connectivity index is 2.05. The molecule has 0 aliphatic carbocycles. The molecule has 3 rings (SSSR count). The summed E-state index contributed by atoms with van der Waals surface area (Å²) in [5.41, 5.74) is 1.01. The zero-order valence-electron chi connectivity index (χ0n) is 13.5. The van der Waals surface area contributed by atoms with Crippen LogP contribution < -0.4 is 5.32 Å². The largest absolute Gasteiger partial charge is 0.449 e. The van der Waals surface area contributed by atoms with Crippen LogP contribution in [0.15, 0.2) is 46.2 Å². The van der Waals surface area contributed by atoms with Gasteiger partial charge in [-0.1, -0.05) is 18.2 Å². The van der Waals surface area contributed by atoms with Gasteiger partial charge in [0.05, 0.1) is 4.88 Å². The predicted octanol–water partition coefficient (Wildman–Crippen LogP) is 4.23. The van der Waals surface area contributed by atoms with Crippen LogP contribution in [0.5, 0.6) is 0 Å². The summed E-state index contributed by atoms with van der Waals surface area (Å²) in [5.74, 6) is -0.298. The van der Waals surface area contributed by atoms with Gasteiger partial charge in [0.15, 0.2) is 0 Å². The number of anilines is 1. The topological polar surface area (TPSA) is 62.6 Å². The Bertz CT molecular complexity index is 864. The monoisotopic (exact) mass is 342 g/mol. The van der Waals surface area contributed by atoms with E-state index >= 15 is 0 Å². The highest BCUT2D eigenvalue weighted by Gasteiger charge is 2.25. The first-order valence-electron chi connectivity index (χ1n) is 7.81. The van der Waals surface area contributed by atoms with Gasteiger partial charge in [-0.05, 0) is 37.4 Å². The first kappa shape index (κ1) is 16.3. The first-order chi connectivity index (χ1) is 11.7. The number of para-hydroxylation sites is 1. The van der Waals surface area contributed by atoms with E-state index in [1.54, 1.807) is 17.0 Å². The summed E-state index contributed by atoms with van der Waals surface area (Å²) in [6, 6.07) is 10.9. The molecule has 124 valence electrons. The van der Waals surface area contributed by atoms with Crippen molar-refractivity contribution in [2.45, 2.75) is 13.8 Å². The molecule has 3 aromatic rings. The maximum Gasteiger partial charge on any atom is 0.291 e. The number of hydrogen-bond acceptors (Lipinski definition) is 4. The fraction of sp³-hybridized carbons (Fsp3) is 0.222. The van der Waals surface area contributed by atoms with Crippen molar-refractivity contribution in [3.63, 3.8) is 0 Å². The quantitative estimate of drug-likeness (QED) is 0.755. The molecule has 0 unspecified atom stereocenters. The van der Waals surface area contributed by atoms with Gasteiger partial charge in [0.1, 0.15) is 11.3 Å². The molecular weight excluding hydrogens is 324 g/mol. The Morgan fingerprint density at radius 1 is 1.12 bits per heavy atom. The maximum absolute atomic E-state index is 12.7. The predicted molar refractivity (Wildman–Crippen MR) is 95.7 cm³/mol. The summed E-state index contributed by atoms with van der Waals surface area (Å²) >= 11 is 1.35. The van der Waals surface area contributed by atoms with E-state index in [0.717, 1.165) is 5.39 Å². The van der Waals surface area contributed by atoms with E-state index in [1.807, 2.05) is 43.5 Å². The molecule has 0 bridgehead atoms. The second-order valence-corrected chi connectivity index (χ2v) is 6.16. The summed E-state index contributed by atoms with van der Waals surface area (Å²) in [4.78, 5) is 27.4. The zero-order valence-corrected chi connectivity index (χ0v) is 14.4. The fourth-order valence-corrected chi connectivity index (χ4v) is 3.18. The SMILES string of the molecule is CCN(CC)C(=O)c1oc2ccccc2c1NC(=O)c1cccs1. The summed E-state index contributed by atoms with van der Waals surface area (Å²) < 4.78 is 5.76. The molecule has 0 fully saturated rings. The van der Waals surface area contributed by atoms with Crippen LogP contribution in [0.4, 0.5) is 5.69 Å². The van der Waals surface area contributed by atoms with E-state index in [9.17, 15) is 9.59 Å². The third kappa shape index (κ3) is 2.92. The van der Waals surface area contributed by atoms with E-state index in [2.05, 4.69) is 5.32 Å². The summed E-state index contributed by atoms with van der Waals surface area (Å²) in [5, 5.41) is 5.41. The van der Waals surface area contributed by atoms with E-state index in [-0.39, 0.29) is 17.6 Å². The van der Waals surface area contributed by atoms with E-state index in [1.165, 1.54) is 11.3 Å². The Morgan fingerprint density at radius 2 is 1.88 bits per heavy atom. The Morgan fingerprint density at radius 3 is 2.54 bits per heavy atom. The van der Waals surface area contributed by atoms with Gasteiger partial charge in [-0.25, -0.2) is 0 Å². The molecular formula is C18H18N2O3S. The Kier molecular flexibility index (Phi) is 4.66. The Hall–Kier alpha value is -2.60. The lowest BCUT2D eigenvalue weighted by Crippen LogP contribution is -2.30. The number of amides is 2. The molecule has 2 aromatic heterocycles. The second-order valence-electron chi connectivity index (χ2n) is 5.21. The van der Waals surface area contributed by atoms with Crippen LogP contribution in [-0.2, 0) is 0 Å². The molecule has 24 heavy (non-hydrogen) atoms. The summed E-state index contributed by atoms with van der Waals surface area (Å²) in [6.45, 7) is 4.97. The minimum absolute atomic E-state index is 0.171. The van der Waals surface area contributed by atoms with Crippen molar-refractivity contribution in [2.75, 3.05) is 18.4 Å². The molecule has 0 atom stereocenters. The molecule has 0 radical (unpaired) electrons. The van der Waals surface area contributed by atoms with Crippen molar-refractivity contribution in [1.29, 1.82) is 0 Å². The van der Waals surface area contributed by atoms with Crippen molar-refractivity contribution in [3.8, 4) is 0 Å². The van der Waals surface area contributed by atoms with Crippen LogP contribution in [-0.4, -0.2) is 29.8 Å². The fourth-order valence-electron chi connectivity index (χ4n) is 2.56. The molecule has 2 heterocycles. The second kappa shape index (κ2) is 6.88. The number of benzene rings is 1. The smallest absolute Gasteiger partial charge is 0.291 e. The highest BCUT2D eigenvalue weighted by Crippen LogP contribution is 2.32. The number of fused-ring (bicyclic) bond motifs is 1. The van der Waals surface area contributed by atoms with Crippen molar-refractivity contribution >= 4 is 39.8 Å². The van der Waals surface area contributed by atoms with Crippen LogP contribution >= 0.6 is 11.3 Å². The minimum atomic E-state index is -0.245. The average Bonchev–Trinajstić information content (AvgIpc) is 3.24. The highest BCUT2D eigenvalue weighted by molar-refractivity contribution is 7.12. The van der Waals surface area contributed by atoms with Gasteiger partial charge in [-0.15, -0.1) is 11.3 Å². The average molecular weight is 342 g/mol. The van der Waals surface area contributed by atoms with Gasteiger partial charge in [0, 0.05) is 18.5 Å². The minimum Gasteiger partial charge on any atom is -0.449 e. The number of thiophene rings is 1. The number of carbonyl (C=O) groups excluding carboxylic acids is 2. The van der Waals surface area contributed by atoms with Gasteiger partial charge in [0.25, 0.3) is 11.8 Å². The lowest BCUT2D eigenvalue weighted by atomic mass is 10.2. The molecule has 6 heteroatoms. The van der Waals surface area contributed by atoms with Crippen molar-refractivity contribution in [3.05, 3.63) is 52.4 Å². The standard InChI is InChI=1S/C18H18N2O3S/c1-3-20(4-2)18(22)16-15(12-8-5-6-9-13(12)23-16)19-17(21)14-10-7-11-24-14/h5-11H,3-4H2,1-2H3,(H,19,21). The highest BCUT2D eigenvalue weighted by atomic mass is 32.1. The molecule has 1 N–H and O–H groups in total. The molecule has 0 spiro atoms. The number of furan rings is 1. The van der Waals surface area contributed by atoms with Gasteiger partial charge >= 0.3 is 0 Å². The molecule has 0 saturated carbocycles. The molecule has 0 saturated heterocycles.